The van der Waals surface area contributed by atoms with Gasteiger partial charge < -0.3 is 9.53 Å². The fraction of sp³-hybridized carbons (Fsp3) is 0.364. The van der Waals surface area contributed by atoms with Crippen LogP contribution in [-0.4, -0.2) is 12.9 Å². The van der Waals surface area contributed by atoms with Crippen LogP contribution in [-0.2, 0) is 17.6 Å². The molecule has 1 aromatic rings. The molecule has 0 aliphatic carbocycles. The van der Waals surface area contributed by atoms with E-state index < -0.39 is 0 Å². The number of ether oxygens (including phenoxy) is 1. The number of aldehydes is 1. The highest BCUT2D eigenvalue weighted by atomic mass is 16.5. The van der Waals surface area contributed by atoms with Crippen molar-refractivity contribution in [2.45, 2.75) is 19.3 Å². The summed E-state index contributed by atoms with van der Waals surface area (Å²) in [5.41, 5.74) is 2.51. The molecule has 2 heteroatoms. The highest BCUT2D eigenvalue weighted by Gasteiger charge is 2.11. The van der Waals surface area contributed by atoms with Crippen molar-refractivity contribution in [2.24, 2.45) is 0 Å². The highest BCUT2D eigenvalue weighted by molar-refractivity contribution is 5.50. The summed E-state index contributed by atoms with van der Waals surface area (Å²) in [6.07, 6.45) is 3.42. The SMILES string of the molecule is O=CCCc1ccc2c(c1)CCO2. The number of benzene rings is 1. The van der Waals surface area contributed by atoms with Crippen LogP contribution in [0, 0.1) is 0 Å². The van der Waals surface area contributed by atoms with Gasteiger partial charge in [-0.05, 0) is 23.6 Å². The van der Waals surface area contributed by atoms with E-state index in [0.29, 0.717) is 6.42 Å². The van der Waals surface area contributed by atoms with E-state index in [1.807, 2.05) is 12.1 Å². The Labute approximate surface area is 77.5 Å². The summed E-state index contributed by atoms with van der Waals surface area (Å²) in [5, 5.41) is 0. The Bertz CT molecular complexity index is 318. The summed E-state index contributed by atoms with van der Waals surface area (Å²) in [6, 6.07) is 6.18. The molecule has 0 unspecified atom stereocenters. The van der Waals surface area contributed by atoms with Crippen molar-refractivity contribution in [2.75, 3.05) is 6.61 Å². The first-order valence-electron chi connectivity index (χ1n) is 4.58. The third kappa shape index (κ3) is 1.72. The third-order valence-electron chi connectivity index (χ3n) is 2.30. The fourth-order valence-electron chi connectivity index (χ4n) is 1.62. The van der Waals surface area contributed by atoms with Gasteiger partial charge in [-0.2, -0.15) is 0 Å². The maximum absolute atomic E-state index is 10.2. The molecule has 0 fully saturated rings. The highest BCUT2D eigenvalue weighted by Crippen LogP contribution is 2.26. The molecule has 0 atom stereocenters. The Balaban J connectivity index is 2.16. The van der Waals surface area contributed by atoms with Crippen LogP contribution in [0.5, 0.6) is 5.75 Å². The van der Waals surface area contributed by atoms with Crippen LogP contribution < -0.4 is 4.74 Å². The number of hydrogen-bond acceptors (Lipinski definition) is 2. The van der Waals surface area contributed by atoms with Crippen molar-refractivity contribution < 1.29 is 9.53 Å². The first-order valence-corrected chi connectivity index (χ1v) is 4.58. The van der Waals surface area contributed by atoms with Gasteiger partial charge in [-0.3, -0.25) is 0 Å². The summed E-state index contributed by atoms with van der Waals surface area (Å²) < 4.78 is 5.39. The summed E-state index contributed by atoms with van der Waals surface area (Å²) in [5.74, 6) is 1.01. The van der Waals surface area contributed by atoms with Crippen LogP contribution in [0.15, 0.2) is 18.2 Å². The first kappa shape index (κ1) is 8.30. The van der Waals surface area contributed by atoms with Gasteiger partial charge in [0.25, 0.3) is 0 Å². The number of fused-ring (bicyclic) bond motifs is 1. The van der Waals surface area contributed by atoms with Crippen molar-refractivity contribution >= 4 is 6.29 Å². The van der Waals surface area contributed by atoms with Gasteiger partial charge in [-0.15, -0.1) is 0 Å². The van der Waals surface area contributed by atoms with Gasteiger partial charge in [0, 0.05) is 12.8 Å². The molecule has 0 amide bonds. The number of carbonyl (C=O) groups excluding carboxylic acids is 1. The number of aryl methyl sites for hydroxylation is 1. The van der Waals surface area contributed by atoms with Gasteiger partial charge in [0.2, 0.25) is 0 Å². The van der Waals surface area contributed by atoms with Gasteiger partial charge in [0.15, 0.2) is 0 Å². The standard InChI is InChI=1S/C11H12O2/c12-6-1-2-9-3-4-11-10(8-9)5-7-13-11/h3-4,6,8H,1-2,5,7H2. The summed E-state index contributed by atoms with van der Waals surface area (Å²) in [6.45, 7) is 0.798. The normalized spacial score (nSPS) is 13.5. The van der Waals surface area contributed by atoms with E-state index in [9.17, 15) is 4.79 Å². The molecule has 1 heterocycles. The first-order chi connectivity index (χ1) is 6.40. The lowest BCUT2D eigenvalue weighted by atomic mass is 10.1. The molecule has 1 aliphatic heterocycles. The van der Waals surface area contributed by atoms with Crippen molar-refractivity contribution in [3.05, 3.63) is 29.3 Å². The molecule has 1 aliphatic rings. The molecule has 0 radical (unpaired) electrons. The number of rotatable bonds is 3. The van der Waals surface area contributed by atoms with Crippen LogP contribution >= 0.6 is 0 Å². The van der Waals surface area contributed by atoms with Gasteiger partial charge in [-0.25, -0.2) is 0 Å². The lowest BCUT2D eigenvalue weighted by molar-refractivity contribution is -0.107. The summed E-state index contributed by atoms with van der Waals surface area (Å²) in [7, 11) is 0. The van der Waals surface area contributed by atoms with Crippen LogP contribution in [0.1, 0.15) is 17.5 Å². The Morgan fingerprint density at radius 3 is 3.23 bits per heavy atom. The van der Waals surface area contributed by atoms with Crippen molar-refractivity contribution in [1.29, 1.82) is 0 Å². The molecule has 1 aromatic carbocycles. The monoisotopic (exact) mass is 176 g/mol. The zero-order chi connectivity index (χ0) is 9.10. The van der Waals surface area contributed by atoms with Crippen LogP contribution in [0.2, 0.25) is 0 Å². The van der Waals surface area contributed by atoms with Crippen molar-refractivity contribution in [3.63, 3.8) is 0 Å². The van der Waals surface area contributed by atoms with E-state index >= 15 is 0 Å². The molecule has 0 bridgehead atoms. The molecular weight excluding hydrogens is 164 g/mol. The second kappa shape index (κ2) is 3.60. The maximum Gasteiger partial charge on any atom is 0.122 e. The second-order valence-corrected chi connectivity index (χ2v) is 3.25. The predicted octanol–water partition coefficient (Wildman–Crippen LogP) is 1.75. The summed E-state index contributed by atoms with van der Waals surface area (Å²) >= 11 is 0. The fourth-order valence-corrected chi connectivity index (χ4v) is 1.62. The van der Waals surface area contributed by atoms with E-state index in [2.05, 4.69) is 6.07 Å². The zero-order valence-electron chi connectivity index (χ0n) is 7.45. The van der Waals surface area contributed by atoms with E-state index in [-0.39, 0.29) is 0 Å². The van der Waals surface area contributed by atoms with Crippen LogP contribution in [0.4, 0.5) is 0 Å². The zero-order valence-corrected chi connectivity index (χ0v) is 7.45. The Kier molecular flexibility index (Phi) is 2.30. The number of hydrogen-bond donors (Lipinski definition) is 0. The minimum absolute atomic E-state index is 0.611. The van der Waals surface area contributed by atoms with Gasteiger partial charge in [0.1, 0.15) is 12.0 Å². The Morgan fingerprint density at radius 2 is 2.38 bits per heavy atom. The van der Waals surface area contributed by atoms with Gasteiger partial charge in [-0.1, -0.05) is 12.1 Å². The largest absolute Gasteiger partial charge is 0.493 e. The molecule has 0 spiro atoms. The maximum atomic E-state index is 10.2. The average molecular weight is 176 g/mol. The molecule has 0 saturated carbocycles. The van der Waals surface area contributed by atoms with Gasteiger partial charge in [0.05, 0.1) is 6.61 Å². The molecule has 2 rings (SSSR count). The van der Waals surface area contributed by atoms with Crippen LogP contribution in [0.25, 0.3) is 0 Å². The second-order valence-electron chi connectivity index (χ2n) is 3.25. The molecule has 0 saturated heterocycles. The topological polar surface area (TPSA) is 26.3 Å². The molecule has 0 aromatic heterocycles. The van der Waals surface area contributed by atoms with E-state index in [1.165, 1.54) is 11.1 Å². The minimum Gasteiger partial charge on any atom is -0.493 e. The average Bonchev–Trinajstić information content (AvgIpc) is 2.61. The third-order valence-corrected chi connectivity index (χ3v) is 2.30. The predicted molar refractivity (Wildman–Crippen MR) is 50.0 cm³/mol. The quantitative estimate of drug-likeness (QED) is 0.656. The van der Waals surface area contributed by atoms with Gasteiger partial charge >= 0.3 is 0 Å². The van der Waals surface area contributed by atoms with E-state index in [4.69, 9.17) is 4.74 Å². The molecule has 68 valence electrons. The molecule has 13 heavy (non-hydrogen) atoms. The molecule has 2 nitrogen and oxygen atoms in total. The van der Waals surface area contributed by atoms with E-state index in [0.717, 1.165) is 31.5 Å². The Hall–Kier alpha value is -1.31. The number of carbonyl (C=O) groups is 1. The van der Waals surface area contributed by atoms with Crippen molar-refractivity contribution in [3.8, 4) is 5.75 Å². The Morgan fingerprint density at radius 1 is 1.46 bits per heavy atom. The molecular formula is C11H12O2. The van der Waals surface area contributed by atoms with E-state index in [1.54, 1.807) is 0 Å². The van der Waals surface area contributed by atoms with Crippen molar-refractivity contribution in [1.82, 2.24) is 0 Å². The molecule has 0 N–H and O–H groups in total. The minimum atomic E-state index is 0.611. The van der Waals surface area contributed by atoms with Crippen LogP contribution in [0.3, 0.4) is 0 Å². The summed E-state index contributed by atoms with van der Waals surface area (Å²) in [4.78, 5) is 10.2. The smallest absolute Gasteiger partial charge is 0.122 e. The lowest BCUT2D eigenvalue weighted by Crippen LogP contribution is -1.87. The lowest BCUT2D eigenvalue weighted by Gasteiger charge is -2.01.